The third-order valence-electron chi connectivity index (χ3n) is 2.89. The van der Waals surface area contributed by atoms with E-state index in [0.717, 1.165) is 36.2 Å². The summed E-state index contributed by atoms with van der Waals surface area (Å²) in [5.74, 6) is 1.61. The fourth-order valence-corrected chi connectivity index (χ4v) is 2.98. The van der Waals surface area contributed by atoms with Crippen LogP contribution in [0.5, 0.6) is 0 Å². The number of likely N-dealkylation sites (N-methyl/N-ethyl adjacent to an activating group) is 1. The van der Waals surface area contributed by atoms with Crippen LogP contribution in [-0.2, 0) is 6.42 Å². The molecule has 6 heteroatoms. The fraction of sp³-hybridized carbons (Fsp3) is 0.429. The van der Waals surface area contributed by atoms with E-state index in [1.54, 1.807) is 11.3 Å². The van der Waals surface area contributed by atoms with Gasteiger partial charge in [0.15, 0.2) is 0 Å². The molecular formula is C14H19BrN4S. The number of nitrogens with zero attached hydrogens (tertiary/aromatic N) is 3. The Balaban J connectivity index is 2.01. The van der Waals surface area contributed by atoms with E-state index < -0.39 is 0 Å². The van der Waals surface area contributed by atoms with Gasteiger partial charge in [-0.15, -0.1) is 11.3 Å². The molecule has 2 rings (SSSR count). The van der Waals surface area contributed by atoms with E-state index in [1.165, 1.54) is 4.88 Å². The minimum absolute atomic E-state index is 0.688. The van der Waals surface area contributed by atoms with Crippen molar-refractivity contribution in [3.63, 3.8) is 0 Å². The number of hydrogen-bond donors (Lipinski definition) is 1. The molecule has 4 nitrogen and oxygen atoms in total. The summed E-state index contributed by atoms with van der Waals surface area (Å²) in [5.41, 5.74) is 0. The monoisotopic (exact) mass is 354 g/mol. The van der Waals surface area contributed by atoms with Crippen molar-refractivity contribution in [2.45, 2.75) is 19.8 Å². The van der Waals surface area contributed by atoms with Crippen molar-refractivity contribution < 1.29 is 0 Å². The molecule has 108 valence electrons. The van der Waals surface area contributed by atoms with Gasteiger partial charge in [0.2, 0.25) is 5.95 Å². The highest BCUT2D eigenvalue weighted by Crippen LogP contribution is 2.23. The molecule has 20 heavy (non-hydrogen) atoms. The predicted molar refractivity (Wildman–Crippen MR) is 89.8 cm³/mol. The molecule has 0 spiro atoms. The van der Waals surface area contributed by atoms with Gasteiger partial charge in [0.05, 0.1) is 4.47 Å². The molecule has 2 heterocycles. The van der Waals surface area contributed by atoms with Crippen LogP contribution in [0.4, 0.5) is 11.8 Å². The van der Waals surface area contributed by atoms with Crippen molar-refractivity contribution >= 4 is 39.0 Å². The number of nitrogens with one attached hydrogen (secondary N) is 1. The second kappa shape index (κ2) is 7.59. The van der Waals surface area contributed by atoms with Crippen molar-refractivity contribution in [1.82, 2.24) is 9.97 Å². The summed E-state index contributed by atoms with van der Waals surface area (Å²) in [6.07, 6.45) is 3.90. The lowest BCUT2D eigenvalue weighted by Gasteiger charge is -2.19. The first kappa shape index (κ1) is 15.3. The summed E-state index contributed by atoms with van der Waals surface area (Å²) in [6.45, 7) is 3.95. The molecule has 0 unspecified atom stereocenters. The molecule has 0 aliphatic heterocycles. The zero-order valence-electron chi connectivity index (χ0n) is 11.8. The molecule has 0 bridgehead atoms. The number of anilines is 2. The molecule has 0 radical (unpaired) electrons. The largest absolute Gasteiger partial charge is 0.358 e. The number of aromatic nitrogens is 2. The second-order valence-electron chi connectivity index (χ2n) is 4.54. The Morgan fingerprint density at radius 1 is 1.45 bits per heavy atom. The Hall–Kier alpha value is -1.14. The van der Waals surface area contributed by atoms with Gasteiger partial charge in [0.1, 0.15) is 5.82 Å². The van der Waals surface area contributed by atoms with E-state index in [0.29, 0.717) is 5.95 Å². The minimum Gasteiger partial charge on any atom is -0.358 e. The average molecular weight is 355 g/mol. The van der Waals surface area contributed by atoms with Gasteiger partial charge in [-0.2, -0.15) is 4.98 Å². The Morgan fingerprint density at radius 2 is 2.30 bits per heavy atom. The maximum atomic E-state index is 4.57. The normalized spacial score (nSPS) is 10.6. The number of hydrogen-bond acceptors (Lipinski definition) is 5. The molecule has 0 aliphatic rings. The summed E-state index contributed by atoms with van der Waals surface area (Å²) >= 11 is 5.32. The molecule has 0 saturated heterocycles. The quantitative estimate of drug-likeness (QED) is 0.820. The van der Waals surface area contributed by atoms with E-state index in [-0.39, 0.29) is 0 Å². The highest BCUT2D eigenvalue weighted by molar-refractivity contribution is 9.10. The van der Waals surface area contributed by atoms with Crippen molar-refractivity contribution in [2.75, 3.05) is 30.4 Å². The van der Waals surface area contributed by atoms with Crippen LogP contribution in [-0.4, -0.2) is 30.1 Å². The Bertz CT molecular complexity index is 530. The van der Waals surface area contributed by atoms with Crippen molar-refractivity contribution in [3.8, 4) is 0 Å². The second-order valence-corrected chi connectivity index (χ2v) is 6.43. The summed E-state index contributed by atoms with van der Waals surface area (Å²) in [4.78, 5) is 12.4. The van der Waals surface area contributed by atoms with Gasteiger partial charge in [0.25, 0.3) is 0 Å². The molecule has 0 saturated carbocycles. The summed E-state index contributed by atoms with van der Waals surface area (Å²) in [5, 5.41) is 5.33. The van der Waals surface area contributed by atoms with E-state index in [1.807, 2.05) is 6.20 Å². The van der Waals surface area contributed by atoms with Crippen LogP contribution in [0, 0.1) is 0 Å². The zero-order chi connectivity index (χ0) is 14.4. The molecule has 0 aliphatic carbocycles. The van der Waals surface area contributed by atoms with E-state index in [4.69, 9.17) is 0 Å². The average Bonchev–Trinajstić information content (AvgIpc) is 2.97. The van der Waals surface area contributed by atoms with Crippen LogP contribution in [0.1, 0.15) is 18.2 Å². The SMILES string of the molecule is CCCNc1ncc(Br)c(N(C)CCc2cccs2)n1. The van der Waals surface area contributed by atoms with E-state index in [2.05, 4.69) is 67.6 Å². The zero-order valence-corrected chi connectivity index (χ0v) is 14.2. The highest BCUT2D eigenvalue weighted by atomic mass is 79.9. The maximum Gasteiger partial charge on any atom is 0.224 e. The van der Waals surface area contributed by atoms with Crippen LogP contribution < -0.4 is 10.2 Å². The Labute approximate surface area is 132 Å². The molecule has 0 atom stereocenters. The van der Waals surface area contributed by atoms with Crippen LogP contribution in [0.2, 0.25) is 0 Å². The molecule has 0 fully saturated rings. The number of rotatable bonds is 7. The molecule has 0 amide bonds. The van der Waals surface area contributed by atoms with Crippen molar-refractivity contribution in [1.29, 1.82) is 0 Å². The molecule has 2 aromatic rings. The van der Waals surface area contributed by atoms with Crippen LogP contribution in [0.25, 0.3) is 0 Å². The lowest BCUT2D eigenvalue weighted by molar-refractivity contribution is 0.857. The first-order chi connectivity index (χ1) is 9.70. The number of halogens is 1. The van der Waals surface area contributed by atoms with Gasteiger partial charge < -0.3 is 10.2 Å². The summed E-state index contributed by atoms with van der Waals surface area (Å²) in [7, 11) is 2.06. The van der Waals surface area contributed by atoms with Gasteiger partial charge in [0, 0.05) is 31.2 Å². The third kappa shape index (κ3) is 4.18. The van der Waals surface area contributed by atoms with E-state index >= 15 is 0 Å². The molecule has 1 N–H and O–H groups in total. The fourth-order valence-electron chi connectivity index (χ4n) is 1.79. The smallest absolute Gasteiger partial charge is 0.224 e. The molecular weight excluding hydrogens is 336 g/mol. The van der Waals surface area contributed by atoms with Gasteiger partial charge in [-0.05, 0) is 40.2 Å². The van der Waals surface area contributed by atoms with Crippen LogP contribution in [0.3, 0.4) is 0 Å². The Morgan fingerprint density at radius 3 is 3.00 bits per heavy atom. The summed E-state index contributed by atoms with van der Waals surface area (Å²) in [6, 6.07) is 4.26. The molecule has 2 aromatic heterocycles. The Kier molecular flexibility index (Phi) is 5.79. The van der Waals surface area contributed by atoms with Gasteiger partial charge in [-0.3, -0.25) is 0 Å². The first-order valence-corrected chi connectivity index (χ1v) is 8.38. The number of thiophene rings is 1. The highest BCUT2D eigenvalue weighted by Gasteiger charge is 2.10. The van der Waals surface area contributed by atoms with Gasteiger partial charge >= 0.3 is 0 Å². The third-order valence-corrected chi connectivity index (χ3v) is 4.39. The lowest BCUT2D eigenvalue weighted by Crippen LogP contribution is -2.22. The first-order valence-electron chi connectivity index (χ1n) is 6.70. The topological polar surface area (TPSA) is 41.1 Å². The lowest BCUT2D eigenvalue weighted by atomic mass is 10.3. The van der Waals surface area contributed by atoms with Crippen molar-refractivity contribution in [3.05, 3.63) is 33.1 Å². The van der Waals surface area contributed by atoms with Crippen molar-refractivity contribution in [2.24, 2.45) is 0 Å². The summed E-state index contributed by atoms with van der Waals surface area (Å²) < 4.78 is 0.924. The van der Waals surface area contributed by atoms with Gasteiger partial charge in [-0.1, -0.05) is 13.0 Å². The van der Waals surface area contributed by atoms with Crippen LogP contribution >= 0.6 is 27.3 Å². The van der Waals surface area contributed by atoms with Crippen LogP contribution in [0.15, 0.2) is 28.2 Å². The van der Waals surface area contributed by atoms with Gasteiger partial charge in [-0.25, -0.2) is 4.98 Å². The molecule has 0 aromatic carbocycles. The predicted octanol–water partition coefficient (Wildman–Crippen LogP) is 3.80. The standard InChI is InChI=1S/C14H19BrN4S/c1-3-7-16-14-17-10-12(15)13(18-14)19(2)8-6-11-5-4-9-20-11/h4-5,9-10H,3,6-8H2,1-2H3,(H,16,17,18). The maximum absolute atomic E-state index is 4.57. The van der Waals surface area contributed by atoms with E-state index in [9.17, 15) is 0 Å². The minimum atomic E-state index is 0.688.